The summed E-state index contributed by atoms with van der Waals surface area (Å²) in [4.78, 5) is 31.0. The Morgan fingerprint density at radius 1 is 1.16 bits per heavy atom. The van der Waals surface area contributed by atoms with Crippen molar-refractivity contribution in [3.63, 3.8) is 0 Å². The predicted molar refractivity (Wildman–Crippen MR) is 141 cm³/mol. The van der Waals surface area contributed by atoms with Crippen molar-refractivity contribution in [2.75, 3.05) is 26.7 Å². The number of methoxy groups -OCH3 is 1. The van der Waals surface area contributed by atoms with Crippen LogP contribution >= 0.6 is 0 Å². The second kappa shape index (κ2) is 13.6. The van der Waals surface area contributed by atoms with Crippen LogP contribution in [0.15, 0.2) is 28.9 Å². The summed E-state index contributed by atoms with van der Waals surface area (Å²) in [5.41, 5.74) is 2.11. The van der Waals surface area contributed by atoms with Gasteiger partial charge in [-0.1, -0.05) is 51.0 Å². The monoisotopic (exact) mass is 511 g/mol. The molecule has 1 saturated carbocycles. The highest BCUT2D eigenvalue weighted by atomic mass is 16.5. The molecule has 202 valence electrons. The van der Waals surface area contributed by atoms with Crippen molar-refractivity contribution in [1.29, 1.82) is 0 Å². The molecule has 1 atom stereocenters. The first-order valence-corrected chi connectivity index (χ1v) is 13.9. The van der Waals surface area contributed by atoms with E-state index in [1.54, 1.807) is 7.11 Å². The van der Waals surface area contributed by atoms with E-state index in [4.69, 9.17) is 9.15 Å². The maximum absolute atomic E-state index is 12.8. The first-order chi connectivity index (χ1) is 18.0. The van der Waals surface area contributed by atoms with Crippen LogP contribution < -0.4 is 10.1 Å². The third kappa shape index (κ3) is 7.57. The van der Waals surface area contributed by atoms with Gasteiger partial charge in [0.2, 0.25) is 5.89 Å². The number of unbranched alkanes of at least 4 members (excludes halogenated alkanes) is 1. The molecule has 1 saturated heterocycles. The van der Waals surface area contributed by atoms with E-state index >= 15 is 0 Å². The summed E-state index contributed by atoms with van der Waals surface area (Å²) in [7, 11) is 1.61. The van der Waals surface area contributed by atoms with Crippen LogP contribution in [0.1, 0.15) is 104 Å². The molecule has 0 spiro atoms. The van der Waals surface area contributed by atoms with Crippen molar-refractivity contribution in [3.05, 3.63) is 47.2 Å². The Labute approximate surface area is 219 Å². The quantitative estimate of drug-likeness (QED) is 0.349. The zero-order chi connectivity index (χ0) is 26.0. The fourth-order valence-electron chi connectivity index (χ4n) is 5.75. The lowest BCUT2D eigenvalue weighted by atomic mass is 9.86. The molecular formula is C29H41N3O5. The fourth-order valence-corrected chi connectivity index (χ4v) is 5.75. The summed E-state index contributed by atoms with van der Waals surface area (Å²) in [6, 6.07) is 5.41. The largest absolute Gasteiger partial charge is 0.497 e. The number of carboxylic acid groups (broad SMARTS) is 1. The summed E-state index contributed by atoms with van der Waals surface area (Å²) < 4.78 is 11.4. The van der Waals surface area contributed by atoms with Gasteiger partial charge in [-0.25, -0.2) is 4.98 Å². The standard InChI is InChI=1S/C29H41N3O5/c1-36-23-14-12-22(13-15-26(33)34)24(19-23)27(32-17-7-8-18-32)29-31-25(20-37-29)28(35)30-16-6-5-11-21-9-3-2-4-10-21/h12,14,19-21,27H,2-11,13,15-18H2,1H3,(H,30,35)(H,33,34). The van der Waals surface area contributed by atoms with Gasteiger partial charge >= 0.3 is 5.97 Å². The first-order valence-electron chi connectivity index (χ1n) is 13.9. The molecule has 2 fully saturated rings. The van der Waals surface area contributed by atoms with Crippen LogP contribution in [-0.4, -0.2) is 53.6 Å². The summed E-state index contributed by atoms with van der Waals surface area (Å²) in [6.45, 7) is 2.40. The van der Waals surface area contributed by atoms with E-state index in [2.05, 4.69) is 15.2 Å². The van der Waals surface area contributed by atoms with Crippen LogP contribution in [0.3, 0.4) is 0 Å². The number of likely N-dealkylation sites (tertiary alicyclic amines) is 1. The Morgan fingerprint density at radius 3 is 2.68 bits per heavy atom. The second-order valence-electron chi connectivity index (χ2n) is 10.4. The van der Waals surface area contributed by atoms with Crippen LogP contribution in [0.4, 0.5) is 0 Å². The number of carboxylic acids is 1. The van der Waals surface area contributed by atoms with Gasteiger partial charge in [0, 0.05) is 13.0 Å². The van der Waals surface area contributed by atoms with E-state index in [0.717, 1.165) is 55.8 Å². The smallest absolute Gasteiger partial charge is 0.303 e. The summed E-state index contributed by atoms with van der Waals surface area (Å²) >= 11 is 0. The van der Waals surface area contributed by atoms with Gasteiger partial charge in [-0.05, 0) is 68.0 Å². The van der Waals surface area contributed by atoms with Crippen LogP contribution in [0.2, 0.25) is 0 Å². The molecule has 8 nitrogen and oxygen atoms in total. The van der Waals surface area contributed by atoms with Crippen molar-refractivity contribution < 1.29 is 23.8 Å². The summed E-state index contributed by atoms with van der Waals surface area (Å²) in [5, 5.41) is 12.3. The van der Waals surface area contributed by atoms with E-state index in [1.807, 2.05) is 18.2 Å². The predicted octanol–water partition coefficient (Wildman–Crippen LogP) is 5.37. The van der Waals surface area contributed by atoms with Crippen LogP contribution in [-0.2, 0) is 11.2 Å². The maximum Gasteiger partial charge on any atom is 0.303 e. The SMILES string of the molecule is COc1ccc(CCC(=O)O)c(C(c2nc(C(=O)NCCCCC3CCCCC3)co2)N2CCCC2)c1. The number of carbonyl (C=O) groups excluding carboxylic acids is 1. The van der Waals surface area contributed by atoms with Crippen molar-refractivity contribution in [3.8, 4) is 5.75 Å². The third-order valence-corrected chi connectivity index (χ3v) is 7.80. The lowest BCUT2D eigenvalue weighted by Gasteiger charge is -2.27. The Morgan fingerprint density at radius 2 is 1.95 bits per heavy atom. The highest BCUT2D eigenvalue weighted by Gasteiger charge is 2.32. The number of nitrogens with one attached hydrogen (secondary N) is 1. The first kappa shape index (κ1) is 27.2. The number of hydrogen-bond acceptors (Lipinski definition) is 6. The van der Waals surface area contributed by atoms with Gasteiger partial charge in [-0.15, -0.1) is 0 Å². The Kier molecular flexibility index (Phi) is 9.99. The Hall–Kier alpha value is -2.87. The summed E-state index contributed by atoms with van der Waals surface area (Å²) in [6.07, 6.45) is 14.2. The average Bonchev–Trinajstić information content (AvgIpc) is 3.62. The molecule has 2 aliphatic rings. The zero-order valence-corrected chi connectivity index (χ0v) is 22.0. The molecule has 2 N–H and O–H groups in total. The van der Waals surface area contributed by atoms with Crippen LogP contribution in [0.5, 0.6) is 5.75 Å². The van der Waals surface area contributed by atoms with Gasteiger partial charge in [-0.2, -0.15) is 0 Å². The molecule has 37 heavy (non-hydrogen) atoms. The molecule has 0 bridgehead atoms. The molecule has 1 aromatic heterocycles. The molecule has 1 aromatic carbocycles. The van der Waals surface area contributed by atoms with E-state index in [1.165, 1.54) is 44.8 Å². The minimum absolute atomic E-state index is 0.0338. The third-order valence-electron chi connectivity index (χ3n) is 7.80. The number of aryl methyl sites for hydroxylation is 1. The molecule has 2 heterocycles. The van der Waals surface area contributed by atoms with Crippen molar-refractivity contribution in [1.82, 2.24) is 15.2 Å². The Balaban J connectivity index is 1.44. The minimum Gasteiger partial charge on any atom is -0.497 e. The number of rotatable bonds is 13. The van der Waals surface area contributed by atoms with Crippen molar-refractivity contribution in [2.24, 2.45) is 5.92 Å². The average molecular weight is 512 g/mol. The van der Waals surface area contributed by atoms with Crippen molar-refractivity contribution >= 4 is 11.9 Å². The normalized spacial score (nSPS) is 17.5. The number of hydrogen-bond donors (Lipinski definition) is 2. The van der Waals surface area contributed by atoms with E-state index in [0.29, 0.717) is 24.6 Å². The molecule has 8 heteroatoms. The van der Waals surface area contributed by atoms with Gasteiger partial charge in [-0.3, -0.25) is 14.5 Å². The number of amides is 1. The van der Waals surface area contributed by atoms with Gasteiger partial charge in [0.15, 0.2) is 5.69 Å². The fraction of sp³-hybridized carbons (Fsp3) is 0.621. The van der Waals surface area contributed by atoms with E-state index in [9.17, 15) is 14.7 Å². The molecule has 2 aromatic rings. The van der Waals surface area contributed by atoms with Crippen LogP contribution in [0, 0.1) is 5.92 Å². The summed E-state index contributed by atoms with van der Waals surface area (Å²) in [5.74, 6) is 0.949. The lowest BCUT2D eigenvalue weighted by Crippen LogP contribution is -2.28. The zero-order valence-electron chi connectivity index (χ0n) is 22.0. The number of oxazole rings is 1. The molecular weight excluding hydrogens is 470 g/mol. The minimum atomic E-state index is -0.840. The number of carbonyl (C=O) groups is 2. The molecule has 4 rings (SSSR count). The number of benzene rings is 1. The molecule has 1 aliphatic carbocycles. The van der Waals surface area contributed by atoms with Gasteiger partial charge in [0.05, 0.1) is 7.11 Å². The van der Waals surface area contributed by atoms with Gasteiger partial charge in [0.25, 0.3) is 5.91 Å². The molecule has 1 amide bonds. The van der Waals surface area contributed by atoms with E-state index < -0.39 is 5.97 Å². The lowest BCUT2D eigenvalue weighted by molar-refractivity contribution is -0.136. The van der Waals surface area contributed by atoms with E-state index in [-0.39, 0.29) is 24.1 Å². The highest BCUT2D eigenvalue weighted by Crippen LogP contribution is 2.35. The molecule has 1 unspecified atom stereocenters. The Bertz CT molecular complexity index is 1020. The number of nitrogens with zero attached hydrogens (tertiary/aromatic N) is 2. The van der Waals surface area contributed by atoms with Crippen LogP contribution in [0.25, 0.3) is 0 Å². The van der Waals surface area contributed by atoms with Gasteiger partial charge < -0.3 is 19.6 Å². The highest BCUT2D eigenvalue weighted by molar-refractivity contribution is 5.91. The second-order valence-corrected chi connectivity index (χ2v) is 10.4. The maximum atomic E-state index is 12.8. The number of aromatic nitrogens is 1. The molecule has 0 radical (unpaired) electrons. The molecule has 1 aliphatic heterocycles. The number of aliphatic carboxylic acids is 1. The van der Waals surface area contributed by atoms with Crippen molar-refractivity contribution in [2.45, 2.75) is 83.1 Å². The topological polar surface area (TPSA) is 105 Å². The number of ether oxygens (including phenoxy) is 1. The van der Waals surface area contributed by atoms with Gasteiger partial charge in [0.1, 0.15) is 18.1 Å².